The maximum atomic E-state index is 5.37. The van der Waals surface area contributed by atoms with Crippen molar-refractivity contribution in [2.24, 2.45) is 11.5 Å². The van der Waals surface area contributed by atoms with Gasteiger partial charge in [-0.2, -0.15) is 0 Å². The average molecular weight is 190 g/mol. The maximum absolute atomic E-state index is 5.37. The van der Waals surface area contributed by atoms with Gasteiger partial charge in [0.1, 0.15) is 0 Å². The molecule has 0 aliphatic heterocycles. The lowest BCUT2D eigenvalue weighted by Crippen LogP contribution is -3.09. The normalized spacial score (nSPS) is 9.69. The highest BCUT2D eigenvalue weighted by Crippen LogP contribution is 1.66. The van der Waals surface area contributed by atoms with Crippen molar-refractivity contribution in [3.63, 3.8) is 0 Å². The molecule has 0 bridgehead atoms. The van der Waals surface area contributed by atoms with Crippen molar-refractivity contribution in [3.8, 4) is 0 Å². The van der Waals surface area contributed by atoms with Gasteiger partial charge in [0.15, 0.2) is 0 Å². The fourth-order valence-corrected chi connectivity index (χ4v) is 0.933. The van der Waals surface area contributed by atoms with E-state index in [0.29, 0.717) is 0 Å². The van der Waals surface area contributed by atoms with Crippen LogP contribution in [0, 0.1) is 0 Å². The van der Waals surface area contributed by atoms with Gasteiger partial charge in [-0.1, -0.05) is 20.3 Å². The molecule has 0 heterocycles. The van der Waals surface area contributed by atoms with Gasteiger partial charge in [-0.25, -0.2) is 0 Å². The quantitative estimate of drug-likeness (QED) is 0.534. The molecule has 0 amide bonds. The highest BCUT2D eigenvalue weighted by molar-refractivity contribution is 4.35. The molecule has 5 N–H and O–H groups in total. The summed E-state index contributed by atoms with van der Waals surface area (Å²) in [6, 6.07) is 0. The Morgan fingerprint density at radius 3 is 1.46 bits per heavy atom. The largest absolute Gasteiger partial charge is 0.337 e. The van der Waals surface area contributed by atoms with Crippen molar-refractivity contribution >= 4 is 0 Å². The van der Waals surface area contributed by atoms with E-state index in [9.17, 15) is 0 Å². The summed E-state index contributed by atoms with van der Waals surface area (Å²) >= 11 is 0. The first-order valence-electron chi connectivity index (χ1n) is 5.44. The third kappa shape index (κ3) is 18.7. The fraction of sp³-hybridized carbons (Fsp3) is 1.00. The molecule has 0 aliphatic carbocycles. The highest BCUT2D eigenvalue weighted by Gasteiger charge is 1.97. The lowest BCUT2D eigenvalue weighted by Gasteiger charge is -2.11. The van der Waals surface area contributed by atoms with E-state index in [0.717, 1.165) is 25.9 Å². The van der Waals surface area contributed by atoms with Crippen molar-refractivity contribution in [2.75, 3.05) is 33.2 Å². The van der Waals surface area contributed by atoms with Crippen LogP contribution in [0.2, 0.25) is 0 Å². The predicted octanol–water partition coefficient (Wildman–Crippen LogP) is -0.385. The van der Waals surface area contributed by atoms with Crippen molar-refractivity contribution in [1.29, 1.82) is 0 Å². The summed E-state index contributed by atoms with van der Waals surface area (Å²) in [4.78, 5) is 1.54. The molecule has 0 aromatic heterocycles. The van der Waals surface area contributed by atoms with E-state index >= 15 is 0 Å². The van der Waals surface area contributed by atoms with Gasteiger partial charge in [0.05, 0.1) is 20.1 Å². The van der Waals surface area contributed by atoms with Crippen molar-refractivity contribution in [3.05, 3.63) is 0 Å². The van der Waals surface area contributed by atoms with Gasteiger partial charge in [-0.15, -0.1) is 0 Å². The molecule has 0 unspecified atom stereocenters. The van der Waals surface area contributed by atoms with Crippen LogP contribution in [-0.4, -0.2) is 33.2 Å². The minimum atomic E-state index is 0.806. The Kier molecular flexibility index (Phi) is 17.0. The molecule has 0 saturated carbocycles. The first-order chi connectivity index (χ1) is 6.22. The Balaban J connectivity index is 0. The Morgan fingerprint density at radius 1 is 0.923 bits per heavy atom. The Morgan fingerprint density at radius 2 is 1.23 bits per heavy atom. The SMILES string of the molecule is CCC.C[NH+](CCCN)CCCN. The van der Waals surface area contributed by atoms with E-state index in [1.165, 1.54) is 24.4 Å². The molecule has 0 atom stereocenters. The third-order valence-corrected chi connectivity index (χ3v) is 1.62. The van der Waals surface area contributed by atoms with Crippen LogP contribution in [0.5, 0.6) is 0 Å². The average Bonchev–Trinajstić information content (AvgIpc) is 2.12. The number of nitrogens with one attached hydrogen (secondary N) is 1. The molecule has 13 heavy (non-hydrogen) atoms. The number of quaternary nitrogens is 1. The van der Waals surface area contributed by atoms with Gasteiger partial charge in [0, 0.05) is 12.8 Å². The molecule has 0 radical (unpaired) electrons. The van der Waals surface area contributed by atoms with Crippen molar-refractivity contribution < 1.29 is 4.90 Å². The topological polar surface area (TPSA) is 56.5 Å². The van der Waals surface area contributed by atoms with Gasteiger partial charge in [0.2, 0.25) is 0 Å². The first kappa shape index (κ1) is 15.4. The standard InChI is InChI=1S/C7H19N3.C3H8/c1-10(6-2-4-8)7-3-5-9;1-3-2/h2-9H2,1H3;3H2,1-2H3/p+1. The molecular formula is C10H28N3+. The molecule has 0 saturated heterocycles. The second-order valence-corrected chi connectivity index (χ2v) is 3.45. The molecule has 0 spiro atoms. The van der Waals surface area contributed by atoms with E-state index < -0.39 is 0 Å². The maximum Gasteiger partial charge on any atom is 0.0781 e. The Labute approximate surface area is 83.5 Å². The van der Waals surface area contributed by atoms with Gasteiger partial charge >= 0.3 is 0 Å². The van der Waals surface area contributed by atoms with E-state index in [1.54, 1.807) is 0 Å². The lowest BCUT2D eigenvalue weighted by molar-refractivity contribution is -0.879. The van der Waals surface area contributed by atoms with Crippen LogP contribution in [0.4, 0.5) is 0 Å². The summed E-state index contributed by atoms with van der Waals surface area (Å²) in [6.07, 6.45) is 3.49. The molecule has 0 aromatic carbocycles. The van der Waals surface area contributed by atoms with E-state index in [1.807, 2.05) is 0 Å². The Hall–Kier alpha value is -0.120. The summed E-state index contributed by atoms with van der Waals surface area (Å²) in [5, 5.41) is 0. The minimum Gasteiger partial charge on any atom is -0.337 e. The number of hydrogen-bond donors (Lipinski definition) is 3. The van der Waals surface area contributed by atoms with Gasteiger partial charge in [-0.05, 0) is 13.1 Å². The molecule has 82 valence electrons. The molecule has 0 aliphatic rings. The number of nitrogens with two attached hydrogens (primary N) is 2. The van der Waals surface area contributed by atoms with Crippen LogP contribution in [0.15, 0.2) is 0 Å². The predicted molar refractivity (Wildman–Crippen MR) is 59.9 cm³/mol. The zero-order valence-corrected chi connectivity index (χ0v) is 9.60. The van der Waals surface area contributed by atoms with Crippen LogP contribution >= 0.6 is 0 Å². The number of rotatable bonds is 6. The molecule has 0 aromatic rings. The first-order valence-corrected chi connectivity index (χ1v) is 5.44. The zero-order valence-electron chi connectivity index (χ0n) is 9.60. The van der Waals surface area contributed by atoms with Gasteiger partial charge in [0.25, 0.3) is 0 Å². The summed E-state index contributed by atoms with van der Waals surface area (Å²) in [5.74, 6) is 0. The van der Waals surface area contributed by atoms with Crippen LogP contribution < -0.4 is 16.4 Å². The van der Waals surface area contributed by atoms with E-state index in [-0.39, 0.29) is 0 Å². The van der Waals surface area contributed by atoms with Crippen LogP contribution in [0.25, 0.3) is 0 Å². The summed E-state index contributed by atoms with van der Waals surface area (Å²) in [6.45, 7) is 8.22. The Bertz CT molecular complexity index is 68.6. The van der Waals surface area contributed by atoms with Gasteiger partial charge < -0.3 is 16.4 Å². The third-order valence-electron chi connectivity index (χ3n) is 1.62. The minimum absolute atomic E-state index is 0.806. The molecule has 0 rings (SSSR count). The van der Waals surface area contributed by atoms with Crippen LogP contribution in [-0.2, 0) is 0 Å². The van der Waals surface area contributed by atoms with Crippen LogP contribution in [0.1, 0.15) is 33.1 Å². The molecule has 3 nitrogen and oxygen atoms in total. The summed E-state index contributed by atoms with van der Waals surface area (Å²) in [7, 11) is 2.19. The van der Waals surface area contributed by atoms with Crippen molar-refractivity contribution in [2.45, 2.75) is 33.1 Å². The zero-order chi connectivity index (χ0) is 10.5. The number of hydrogen-bond acceptors (Lipinski definition) is 2. The monoisotopic (exact) mass is 190 g/mol. The highest BCUT2D eigenvalue weighted by atomic mass is 15.1. The summed E-state index contributed by atoms with van der Waals surface area (Å²) in [5.41, 5.74) is 10.7. The second-order valence-electron chi connectivity index (χ2n) is 3.45. The van der Waals surface area contributed by atoms with Gasteiger partial charge in [-0.3, -0.25) is 0 Å². The van der Waals surface area contributed by atoms with E-state index in [4.69, 9.17) is 11.5 Å². The molecule has 3 heteroatoms. The van der Waals surface area contributed by atoms with Crippen molar-refractivity contribution in [1.82, 2.24) is 0 Å². The second kappa shape index (κ2) is 14.4. The molecule has 0 fully saturated rings. The van der Waals surface area contributed by atoms with Crippen LogP contribution in [0.3, 0.4) is 0 Å². The smallest absolute Gasteiger partial charge is 0.0781 e. The van der Waals surface area contributed by atoms with E-state index in [2.05, 4.69) is 20.9 Å². The summed E-state index contributed by atoms with van der Waals surface area (Å²) < 4.78 is 0. The molecular weight excluding hydrogens is 162 g/mol. The fourth-order valence-electron chi connectivity index (χ4n) is 0.933. The lowest BCUT2D eigenvalue weighted by atomic mass is 10.3.